The summed E-state index contributed by atoms with van der Waals surface area (Å²) in [7, 11) is 0. The molecule has 0 amide bonds. The fourth-order valence-corrected chi connectivity index (χ4v) is 0. The largest absolute Gasteiger partial charge is 0.269 e. The third kappa shape index (κ3) is 10.9. The first-order chi connectivity index (χ1) is 0. The monoisotopic (exact) mass is 200 g/mol. The molecule has 0 radical (unpaired) electrons. The molecule has 0 saturated heterocycles. The van der Waals surface area contributed by atoms with Crippen molar-refractivity contribution in [3.63, 3.8) is 0 Å². The zero-order valence-corrected chi connectivity index (χ0v) is 4.86. The third-order valence-electron chi connectivity index (χ3n) is 0. The average molecular weight is 200 g/mol. The van der Waals surface area contributed by atoms with Crippen LogP contribution < -0.4 is 0 Å². The van der Waals surface area contributed by atoms with E-state index in [2.05, 4.69) is 0 Å². The fourth-order valence-electron chi connectivity index (χ4n) is 0. The van der Waals surface area contributed by atoms with Crippen LogP contribution in [0, 0.1) is 41.7 Å². The summed E-state index contributed by atoms with van der Waals surface area (Å²) < 4.78 is 0. The Morgan fingerprint density at radius 2 is 0.500 bits per heavy atom. The van der Waals surface area contributed by atoms with Gasteiger partial charge in [0.2, 0.25) is 0 Å². The van der Waals surface area contributed by atoms with Gasteiger partial charge in [-0.3, -0.25) is 14.1 Å². The van der Waals surface area contributed by atoms with Crippen molar-refractivity contribution in [1.29, 1.82) is 0 Å². The van der Waals surface area contributed by atoms with Crippen LogP contribution in [0.3, 0.4) is 0 Å². The molecule has 0 atom stereocenters. The van der Waals surface area contributed by atoms with Crippen LogP contribution in [0.15, 0.2) is 0 Å². The van der Waals surface area contributed by atoms with Crippen LogP contribution in [0.25, 0.3) is 0 Å². The maximum Gasteiger partial charge on any atom is 0 e. The minimum Gasteiger partial charge on any atom is -0.269 e. The summed E-state index contributed by atoms with van der Waals surface area (Å²) in [4.78, 5) is 0. The van der Waals surface area contributed by atoms with Gasteiger partial charge in [0.05, 0.1) is 0 Å². The summed E-state index contributed by atoms with van der Waals surface area (Å²) >= 11 is 0. The van der Waals surface area contributed by atoms with E-state index in [0.29, 0.717) is 0 Å². The van der Waals surface area contributed by atoms with Gasteiger partial charge in [-0.05, 0) is 0 Å². The summed E-state index contributed by atoms with van der Waals surface area (Å²) in [5, 5.41) is 0. The van der Waals surface area contributed by atoms with E-state index in [1.54, 1.807) is 0 Å². The first-order valence-corrected chi connectivity index (χ1v) is 0. The van der Waals surface area contributed by atoms with Crippen molar-refractivity contribution in [2.24, 2.45) is 0 Å². The van der Waals surface area contributed by atoms with Gasteiger partial charge < -0.3 is 0 Å². The Morgan fingerprint density at radius 3 is 0.500 bits per heavy atom. The molecule has 0 unspecified atom stereocenters. The van der Waals surface area contributed by atoms with E-state index in [-0.39, 0.29) is 55.9 Å². The normalized spacial score (nSPS) is 0. The van der Waals surface area contributed by atoms with Crippen LogP contribution in [0.5, 0.6) is 0 Å². The molecule has 0 fully saturated rings. The third-order valence-corrected chi connectivity index (χ3v) is 0. The molecule has 0 heterocycles. The second-order valence-electron chi connectivity index (χ2n) is 0. The molecule has 0 spiro atoms. The molecule has 0 saturated carbocycles. The SMILES string of the molecule is F.F.F.[Ce]. The van der Waals surface area contributed by atoms with Crippen molar-refractivity contribution in [1.82, 2.24) is 0 Å². The van der Waals surface area contributed by atoms with Gasteiger partial charge in [0, 0.05) is 41.7 Å². The summed E-state index contributed by atoms with van der Waals surface area (Å²) in [5.41, 5.74) is 0. The van der Waals surface area contributed by atoms with Gasteiger partial charge in [-0.25, -0.2) is 0 Å². The Bertz CT molecular complexity index is 3.25. The van der Waals surface area contributed by atoms with Crippen molar-refractivity contribution in [3.8, 4) is 0 Å². The smallest absolute Gasteiger partial charge is 0 e. The van der Waals surface area contributed by atoms with E-state index in [4.69, 9.17) is 0 Å². The summed E-state index contributed by atoms with van der Waals surface area (Å²) in [6.07, 6.45) is 0. The van der Waals surface area contributed by atoms with E-state index in [1.165, 1.54) is 0 Å². The van der Waals surface area contributed by atoms with Crippen molar-refractivity contribution in [3.05, 3.63) is 0 Å². The van der Waals surface area contributed by atoms with Crippen molar-refractivity contribution in [2.45, 2.75) is 0 Å². The standard InChI is InChI=1S/Ce.3FH/h;3*1H. The number of halogens is 3. The molecule has 4 heteroatoms. The van der Waals surface area contributed by atoms with Gasteiger partial charge in [-0.2, -0.15) is 0 Å². The van der Waals surface area contributed by atoms with Gasteiger partial charge >= 0.3 is 0 Å². The molecule has 0 bridgehead atoms. The van der Waals surface area contributed by atoms with Crippen LogP contribution in [-0.4, -0.2) is 0 Å². The van der Waals surface area contributed by atoms with Crippen LogP contribution in [0.1, 0.15) is 0 Å². The minimum absolute atomic E-state index is 0. The Hall–Kier alpha value is 1.17. The van der Waals surface area contributed by atoms with Gasteiger partial charge in [-0.15, -0.1) is 0 Å². The molecular weight excluding hydrogens is 197 g/mol. The van der Waals surface area contributed by atoms with Crippen molar-refractivity contribution in [2.75, 3.05) is 0 Å². The molecule has 0 aromatic carbocycles. The number of hydrogen-bond acceptors (Lipinski definition) is 0. The maximum atomic E-state index is 0. The van der Waals surface area contributed by atoms with Gasteiger partial charge in [0.1, 0.15) is 0 Å². The van der Waals surface area contributed by atoms with Crippen molar-refractivity contribution < 1.29 is 55.9 Å². The molecule has 0 aromatic rings. The number of rotatable bonds is 0. The first-order valence-electron chi connectivity index (χ1n) is 0. The molecule has 0 aliphatic rings. The molecule has 0 aromatic heterocycles. The maximum absolute atomic E-state index is 0. The predicted molar refractivity (Wildman–Crippen MR) is 7.51 cm³/mol. The molecule has 0 N–H and O–H groups in total. The van der Waals surface area contributed by atoms with Gasteiger partial charge in [-0.1, -0.05) is 0 Å². The van der Waals surface area contributed by atoms with Crippen LogP contribution in [-0.2, 0) is 0 Å². The molecule has 4 heavy (non-hydrogen) atoms. The molecule has 0 aliphatic carbocycles. The fraction of sp³-hybridized carbons (Fsp3) is 0. The van der Waals surface area contributed by atoms with E-state index in [1.807, 2.05) is 0 Å². The first kappa shape index (κ1) is 65.9. The number of hydrogen-bond donors (Lipinski definition) is 0. The Balaban J connectivity index is 0. The van der Waals surface area contributed by atoms with Gasteiger partial charge in [0.15, 0.2) is 0 Å². The molecule has 0 rings (SSSR count). The van der Waals surface area contributed by atoms with Crippen molar-refractivity contribution >= 4 is 0 Å². The Kier molecular flexibility index (Phi) is 506. The summed E-state index contributed by atoms with van der Waals surface area (Å²) in [5.74, 6) is 0. The zero-order valence-electron chi connectivity index (χ0n) is 1.72. The van der Waals surface area contributed by atoms with Crippen LogP contribution in [0.4, 0.5) is 14.1 Å². The average Bonchev–Trinajstić information content (AvgIpc) is 0. The van der Waals surface area contributed by atoms with E-state index >= 15 is 0 Å². The van der Waals surface area contributed by atoms with E-state index in [9.17, 15) is 0 Å². The Labute approximate surface area is 55.4 Å². The second-order valence-corrected chi connectivity index (χ2v) is 0. The minimum atomic E-state index is 0. The van der Waals surface area contributed by atoms with Crippen LogP contribution in [0.2, 0.25) is 0 Å². The second kappa shape index (κ2) is 30.7. The quantitative estimate of drug-likeness (QED) is 0.533. The molecule has 0 aliphatic heterocycles. The molecule has 28 valence electrons. The van der Waals surface area contributed by atoms with Crippen LogP contribution >= 0.6 is 0 Å². The Morgan fingerprint density at radius 1 is 0.500 bits per heavy atom. The molecular formula is H3CeF3. The van der Waals surface area contributed by atoms with Gasteiger partial charge in [0.25, 0.3) is 0 Å². The summed E-state index contributed by atoms with van der Waals surface area (Å²) in [6, 6.07) is 0. The predicted octanol–water partition coefficient (Wildman–Crippen LogP) is 0.458. The zero-order chi connectivity index (χ0) is 0. The topological polar surface area (TPSA) is 0 Å². The van der Waals surface area contributed by atoms with E-state index < -0.39 is 0 Å². The summed E-state index contributed by atoms with van der Waals surface area (Å²) in [6.45, 7) is 0. The van der Waals surface area contributed by atoms with E-state index in [0.717, 1.165) is 0 Å². The molecule has 0 nitrogen and oxygen atoms in total.